The maximum Gasteiger partial charge on any atom is 0.299 e. The predicted octanol–water partition coefficient (Wildman–Crippen LogP) is 3.37. The smallest absolute Gasteiger partial charge is 0.299 e. The maximum absolute atomic E-state index is 12.1. The maximum atomic E-state index is 12.1. The van der Waals surface area contributed by atoms with Crippen LogP contribution in [0.2, 0.25) is 0 Å². The molecule has 1 aliphatic heterocycles. The van der Waals surface area contributed by atoms with Crippen LogP contribution in [0.3, 0.4) is 0 Å². The fourth-order valence-corrected chi connectivity index (χ4v) is 2.82. The molecule has 1 heterocycles. The van der Waals surface area contributed by atoms with Gasteiger partial charge in [-0.05, 0) is 36.8 Å². The predicted molar refractivity (Wildman–Crippen MR) is 87.5 cm³/mol. The Balaban J connectivity index is 1.73. The molecule has 1 amide bonds. The number of carbonyl (C=O) groups is 2. The average molecular weight is 360 g/mol. The van der Waals surface area contributed by atoms with Crippen LogP contribution in [0.4, 0.5) is 5.69 Å². The zero-order valence-electron chi connectivity index (χ0n) is 12.0. The summed E-state index contributed by atoms with van der Waals surface area (Å²) < 4.78 is 6.49. The minimum absolute atomic E-state index is 0.333. The Bertz CT molecular complexity index is 757. The van der Waals surface area contributed by atoms with Crippen LogP contribution in [0.5, 0.6) is 5.75 Å². The van der Waals surface area contributed by atoms with E-state index in [1.54, 1.807) is 12.1 Å². The summed E-state index contributed by atoms with van der Waals surface area (Å²) in [5.74, 6) is -0.176. The first-order valence-corrected chi connectivity index (χ1v) is 7.71. The molecule has 0 unspecified atom stereocenters. The van der Waals surface area contributed by atoms with Gasteiger partial charge in [0.05, 0.1) is 17.8 Å². The molecular weight excluding hydrogens is 346 g/mol. The van der Waals surface area contributed by atoms with Gasteiger partial charge in [-0.3, -0.25) is 9.59 Å². The van der Waals surface area contributed by atoms with Gasteiger partial charge in [0, 0.05) is 4.47 Å². The van der Waals surface area contributed by atoms with E-state index < -0.39 is 11.7 Å². The van der Waals surface area contributed by atoms with E-state index in [0.717, 1.165) is 15.8 Å². The van der Waals surface area contributed by atoms with Gasteiger partial charge in [-0.15, -0.1) is 0 Å². The molecule has 1 aliphatic rings. The number of carbonyl (C=O) groups excluding carboxylic acids is 2. The molecule has 0 atom stereocenters. The first-order valence-electron chi connectivity index (χ1n) is 6.92. The second-order valence-corrected chi connectivity index (χ2v) is 5.98. The number of rotatable bonds is 4. The number of fused-ring (bicyclic) bond motifs is 1. The van der Waals surface area contributed by atoms with Crippen LogP contribution in [0.15, 0.2) is 46.9 Å². The lowest BCUT2D eigenvalue weighted by Crippen LogP contribution is -2.33. The molecule has 5 heteroatoms. The van der Waals surface area contributed by atoms with E-state index >= 15 is 0 Å². The molecule has 0 saturated heterocycles. The van der Waals surface area contributed by atoms with Crippen molar-refractivity contribution >= 4 is 33.3 Å². The van der Waals surface area contributed by atoms with Crippen molar-refractivity contribution < 1.29 is 14.3 Å². The summed E-state index contributed by atoms with van der Waals surface area (Å²) in [6, 6.07) is 13.0. The molecule has 0 saturated carbocycles. The van der Waals surface area contributed by atoms with Gasteiger partial charge in [0.15, 0.2) is 0 Å². The highest BCUT2D eigenvalue weighted by atomic mass is 79.9. The minimum atomic E-state index is -0.499. The molecule has 3 rings (SSSR count). The van der Waals surface area contributed by atoms with Crippen LogP contribution in [0, 0.1) is 6.92 Å². The van der Waals surface area contributed by atoms with Crippen LogP contribution < -0.4 is 9.64 Å². The number of aryl methyl sites for hydroxylation is 1. The number of ether oxygens (including phenoxy) is 1. The molecular formula is C17H14BrNO3. The van der Waals surface area contributed by atoms with E-state index in [1.807, 2.05) is 37.3 Å². The number of amides is 1. The third-order valence-electron chi connectivity index (χ3n) is 3.60. The lowest BCUT2D eigenvalue weighted by atomic mass is 10.1. The van der Waals surface area contributed by atoms with Crippen LogP contribution >= 0.6 is 15.9 Å². The topological polar surface area (TPSA) is 46.6 Å². The van der Waals surface area contributed by atoms with Crippen molar-refractivity contribution in [2.45, 2.75) is 6.92 Å². The number of benzene rings is 2. The van der Waals surface area contributed by atoms with Gasteiger partial charge in [-0.2, -0.15) is 0 Å². The fraction of sp³-hybridized carbons (Fsp3) is 0.176. The summed E-state index contributed by atoms with van der Waals surface area (Å²) in [5.41, 5.74) is 2.12. The number of ketones is 1. The van der Waals surface area contributed by atoms with Gasteiger partial charge in [-0.25, -0.2) is 0 Å². The Labute approximate surface area is 136 Å². The molecule has 0 N–H and O–H groups in total. The van der Waals surface area contributed by atoms with E-state index in [1.165, 1.54) is 4.90 Å². The van der Waals surface area contributed by atoms with Crippen molar-refractivity contribution in [3.63, 3.8) is 0 Å². The normalized spacial score (nSPS) is 13.5. The molecule has 0 bridgehead atoms. The van der Waals surface area contributed by atoms with Gasteiger partial charge < -0.3 is 9.64 Å². The Hall–Kier alpha value is -2.14. The summed E-state index contributed by atoms with van der Waals surface area (Å²) in [4.78, 5) is 25.6. The van der Waals surface area contributed by atoms with Crippen molar-refractivity contribution in [2.24, 2.45) is 0 Å². The first kappa shape index (κ1) is 14.8. The Morgan fingerprint density at radius 2 is 1.91 bits per heavy atom. The molecule has 0 fully saturated rings. The number of hydrogen-bond donors (Lipinski definition) is 0. The summed E-state index contributed by atoms with van der Waals surface area (Å²) in [5, 5.41) is 0. The lowest BCUT2D eigenvalue weighted by Gasteiger charge is -2.17. The van der Waals surface area contributed by atoms with E-state index in [-0.39, 0.29) is 0 Å². The summed E-state index contributed by atoms with van der Waals surface area (Å²) in [6.07, 6.45) is 0. The highest BCUT2D eigenvalue weighted by Gasteiger charge is 2.35. The highest BCUT2D eigenvalue weighted by molar-refractivity contribution is 9.10. The van der Waals surface area contributed by atoms with Gasteiger partial charge in [-0.1, -0.05) is 34.1 Å². The largest absolute Gasteiger partial charge is 0.491 e. The number of anilines is 1. The first-order chi connectivity index (χ1) is 10.6. The summed E-state index contributed by atoms with van der Waals surface area (Å²) in [6.45, 7) is 2.64. The average Bonchev–Trinajstić information content (AvgIpc) is 2.74. The SMILES string of the molecule is Cc1ccccc1OCCN1C(=O)C(=O)c2cc(Br)ccc21. The fourth-order valence-electron chi connectivity index (χ4n) is 2.46. The quantitative estimate of drug-likeness (QED) is 0.786. The third-order valence-corrected chi connectivity index (χ3v) is 4.09. The molecule has 112 valence electrons. The Kier molecular flexibility index (Phi) is 3.98. The molecule has 2 aromatic carbocycles. The Morgan fingerprint density at radius 3 is 2.68 bits per heavy atom. The number of Topliss-reactive ketones (excluding diaryl/α,β-unsaturated/α-hetero) is 1. The van der Waals surface area contributed by atoms with Crippen molar-refractivity contribution in [3.8, 4) is 5.75 Å². The second kappa shape index (κ2) is 5.93. The second-order valence-electron chi connectivity index (χ2n) is 5.06. The lowest BCUT2D eigenvalue weighted by molar-refractivity contribution is -0.114. The standard InChI is InChI=1S/C17H14BrNO3/c1-11-4-2-3-5-15(11)22-9-8-19-14-7-6-12(18)10-13(14)16(20)17(19)21/h2-7,10H,8-9H2,1H3. The highest BCUT2D eigenvalue weighted by Crippen LogP contribution is 2.31. The van der Waals surface area contributed by atoms with Crippen molar-refractivity contribution in [2.75, 3.05) is 18.1 Å². The third kappa shape index (κ3) is 2.64. The molecule has 0 radical (unpaired) electrons. The van der Waals surface area contributed by atoms with Crippen molar-refractivity contribution in [1.29, 1.82) is 0 Å². The number of nitrogens with zero attached hydrogens (tertiary/aromatic N) is 1. The van der Waals surface area contributed by atoms with Crippen LogP contribution in [-0.2, 0) is 4.79 Å². The van der Waals surface area contributed by atoms with Crippen molar-refractivity contribution in [1.82, 2.24) is 0 Å². The van der Waals surface area contributed by atoms with Crippen LogP contribution in [0.25, 0.3) is 0 Å². The zero-order chi connectivity index (χ0) is 15.7. The number of hydrogen-bond acceptors (Lipinski definition) is 3. The molecule has 22 heavy (non-hydrogen) atoms. The van der Waals surface area contributed by atoms with E-state index in [9.17, 15) is 9.59 Å². The number of halogens is 1. The van der Waals surface area contributed by atoms with E-state index in [2.05, 4.69) is 15.9 Å². The van der Waals surface area contributed by atoms with Gasteiger partial charge in [0.1, 0.15) is 12.4 Å². The zero-order valence-corrected chi connectivity index (χ0v) is 13.6. The van der Waals surface area contributed by atoms with E-state index in [4.69, 9.17) is 4.74 Å². The minimum Gasteiger partial charge on any atom is -0.491 e. The molecule has 0 aromatic heterocycles. The molecule has 0 spiro atoms. The molecule has 4 nitrogen and oxygen atoms in total. The summed E-state index contributed by atoms with van der Waals surface area (Å²) in [7, 11) is 0. The monoisotopic (exact) mass is 359 g/mol. The summed E-state index contributed by atoms with van der Waals surface area (Å²) >= 11 is 3.32. The molecule has 2 aromatic rings. The van der Waals surface area contributed by atoms with Crippen LogP contribution in [-0.4, -0.2) is 24.8 Å². The van der Waals surface area contributed by atoms with Crippen LogP contribution in [0.1, 0.15) is 15.9 Å². The van der Waals surface area contributed by atoms with Gasteiger partial charge >= 0.3 is 0 Å². The Morgan fingerprint density at radius 1 is 1.14 bits per heavy atom. The number of para-hydroxylation sites is 1. The molecule has 0 aliphatic carbocycles. The van der Waals surface area contributed by atoms with Gasteiger partial charge in [0.2, 0.25) is 0 Å². The van der Waals surface area contributed by atoms with Gasteiger partial charge in [0.25, 0.3) is 11.7 Å². The van der Waals surface area contributed by atoms with E-state index in [0.29, 0.717) is 24.4 Å². The van der Waals surface area contributed by atoms with Crippen molar-refractivity contribution in [3.05, 3.63) is 58.1 Å².